The van der Waals surface area contributed by atoms with E-state index in [0.29, 0.717) is 30.9 Å². The number of fused-ring (bicyclic) bond motifs is 1. The van der Waals surface area contributed by atoms with Gasteiger partial charge < -0.3 is 13.3 Å². The zero-order chi connectivity index (χ0) is 17.0. The molecule has 2 amide bonds. The Morgan fingerprint density at radius 2 is 1.30 bits per heavy atom. The normalized spacial score (nSPS) is 15.9. The van der Waals surface area contributed by atoms with Gasteiger partial charge in [0.05, 0.1) is 11.1 Å². The third kappa shape index (κ3) is 3.09. The molecule has 6 nitrogen and oxygen atoms in total. The SMILES string of the molecule is CCO[Si](OCC)(OCC)C(C)N1C(=O)c2ccccc2C1=O. The van der Waals surface area contributed by atoms with Crippen molar-refractivity contribution in [2.45, 2.75) is 33.4 Å². The monoisotopic (exact) mass is 337 g/mol. The van der Waals surface area contributed by atoms with Crippen molar-refractivity contribution in [3.63, 3.8) is 0 Å². The van der Waals surface area contributed by atoms with Crippen molar-refractivity contribution in [2.75, 3.05) is 19.8 Å². The lowest BCUT2D eigenvalue weighted by Gasteiger charge is -2.36. The molecule has 1 unspecified atom stereocenters. The molecule has 0 aliphatic carbocycles. The lowest BCUT2D eigenvalue weighted by molar-refractivity contribution is 0.0324. The highest BCUT2D eigenvalue weighted by atomic mass is 28.4. The second-order valence-corrected chi connectivity index (χ2v) is 8.01. The fraction of sp³-hybridized carbons (Fsp3) is 0.500. The molecule has 1 atom stereocenters. The second kappa shape index (κ2) is 7.35. The summed E-state index contributed by atoms with van der Waals surface area (Å²) in [5.74, 6) is -0.650. The first-order valence-corrected chi connectivity index (χ1v) is 9.71. The summed E-state index contributed by atoms with van der Waals surface area (Å²) < 4.78 is 17.5. The van der Waals surface area contributed by atoms with Crippen LogP contribution in [-0.4, -0.2) is 51.0 Å². The molecule has 1 aromatic carbocycles. The summed E-state index contributed by atoms with van der Waals surface area (Å²) in [7, 11) is -3.20. The van der Waals surface area contributed by atoms with Crippen LogP contribution in [0.1, 0.15) is 48.4 Å². The summed E-state index contributed by atoms with van der Waals surface area (Å²) in [4.78, 5) is 26.6. The topological polar surface area (TPSA) is 65.1 Å². The van der Waals surface area contributed by atoms with Crippen LogP contribution >= 0.6 is 0 Å². The average Bonchev–Trinajstić information content (AvgIpc) is 2.79. The van der Waals surface area contributed by atoms with Gasteiger partial charge in [-0.2, -0.15) is 0 Å². The van der Waals surface area contributed by atoms with E-state index in [0.717, 1.165) is 0 Å². The summed E-state index contributed by atoms with van der Waals surface area (Å²) in [5, 5.41) is 0. The summed E-state index contributed by atoms with van der Waals surface area (Å²) in [5.41, 5.74) is 0.239. The van der Waals surface area contributed by atoms with Crippen LogP contribution in [0.4, 0.5) is 0 Å². The predicted molar refractivity (Wildman–Crippen MR) is 87.0 cm³/mol. The van der Waals surface area contributed by atoms with Gasteiger partial charge in [-0.05, 0) is 39.8 Å². The maximum atomic E-state index is 12.7. The number of benzene rings is 1. The molecule has 0 bridgehead atoms. The lowest BCUT2D eigenvalue weighted by Crippen LogP contribution is -2.63. The van der Waals surface area contributed by atoms with Gasteiger partial charge in [-0.15, -0.1) is 0 Å². The highest BCUT2D eigenvalue weighted by molar-refractivity contribution is 6.63. The molecule has 1 aliphatic heterocycles. The van der Waals surface area contributed by atoms with Crippen LogP contribution in [0.3, 0.4) is 0 Å². The highest BCUT2D eigenvalue weighted by Crippen LogP contribution is 2.29. The van der Waals surface area contributed by atoms with Crippen molar-refractivity contribution in [1.82, 2.24) is 4.90 Å². The van der Waals surface area contributed by atoms with E-state index in [4.69, 9.17) is 13.3 Å². The fourth-order valence-electron chi connectivity index (χ4n) is 2.81. The van der Waals surface area contributed by atoms with E-state index in [1.165, 1.54) is 4.90 Å². The first-order chi connectivity index (χ1) is 11.0. The number of imide groups is 1. The number of hydrogen-bond acceptors (Lipinski definition) is 5. The molecule has 1 aliphatic rings. The predicted octanol–water partition coefficient (Wildman–Crippen LogP) is 2.26. The van der Waals surface area contributed by atoms with Crippen LogP contribution in [0.5, 0.6) is 0 Å². The molecule has 23 heavy (non-hydrogen) atoms. The Morgan fingerprint density at radius 1 is 0.913 bits per heavy atom. The van der Waals surface area contributed by atoms with Crippen molar-refractivity contribution in [2.24, 2.45) is 0 Å². The zero-order valence-electron chi connectivity index (χ0n) is 14.0. The van der Waals surface area contributed by atoms with Gasteiger partial charge in [-0.25, -0.2) is 0 Å². The van der Waals surface area contributed by atoms with E-state index in [2.05, 4.69) is 0 Å². The number of hydrogen-bond donors (Lipinski definition) is 0. The molecule has 1 aromatic rings. The van der Waals surface area contributed by atoms with E-state index < -0.39 is 14.5 Å². The highest BCUT2D eigenvalue weighted by Gasteiger charge is 2.54. The molecule has 0 spiro atoms. The Morgan fingerprint density at radius 3 is 1.65 bits per heavy atom. The number of rotatable bonds is 8. The average molecular weight is 337 g/mol. The van der Waals surface area contributed by atoms with Crippen LogP contribution in [0, 0.1) is 0 Å². The number of carbonyl (C=O) groups is 2. The van der Waals surface area contributed by atoms with Gasteiger partial charge in [0.2, 0.25) is 0 Å². The summed E-state index contributed by atoms with van der Waals surface area (Å²) in [6.07, 6.45) is 0. The Kier molecular flexibility index (Phi) is 5.69. The van der Waals surface area contributed by atoms with Crippen LogP contribution in [-0.2, 0) is 13.3 Å². The van der Waals surface area contributed by atoms with Gasteiger partial charge in [0.15, 0.2) is 0 Å². The Bertz CT molecular complexity index is 540. The Hall–Kier alpha value is -1.54. The van der Waals surface area contributed by atoms with Crippen LogP contribution < -0.4 is 0 Å². The molecule has 0 saturated heterocycles. The molecule has 2 rings (SSSR count). The van der Waals surface area contributed by atoms with E-state index in [1.807, 2.05) is 20.8 Å². The van der Waals surface area contributed by atoms with Crippen molar-refractivity contribution in [1.29, 1.82) is 0 Å². The first-order valence-electron chi connectivity index (χ1n) is 7.91. The summed E-state index contributed by atoms with van der Waals surface area (Å²) in [6, 6.07) is 6.81. The van der Waals surface area contributed by atoms with E-state index in [1.54, 1.807) is 31.2 Å². The minimum absolute atomic E-state index is 0.325. The molecule has 0 radical (unpaired) electrons. The lowest BCUT2D eigenvalue weighted by atomic mass is 10.1. The zero-order valence-corrected chi connectivity index (χ0v) is 15.0. The molecular formula is C16H23NO5Si. The first kappa shape index (κ1) is 17.8. The molecule has 0 fully saturated rings. The minimum Gasteiger partial charge on any atom is -0.373 e. The largest absolute Gasteiger partial charge is 0.525 e. The van der Waals surface area contributed by atoms with Gasteiger partial charge in [-0.1, -0.05) is 12.1 Å². The molecule has 0 aromatic heterocycles. The van der Waals surface area contributed by atoms with Crippen molar-refractivity contribution in [3.8, 4) is 0 Å². The number of amides is 2. The minimum atomic E-state index is -3.20. The van der Waals surface area contributed by atoms with Crippen molar-refractivity contribution in [3.05, 3.63) is 35.4 Å². The van der Waals surface area contributed by atoms with E-state index in [9.17, 15) is 9.59 Å². The molecular weight excluding hydrogens is 314 g/mol. The van der Waals surface area contributed by atoms with Crippen LogP contribution in [0.25, 0.3) is 0 Å². The molecule has 0 saturated carbocycles. The number of nitrogens with zero attached hydrogens (tertiary/aromatic N) is 1. The molecule has 126 valence electrons. The second-order valence-electron chi connectivity index (χ2n) is 5.10. The van der Waals surface area contributed by atoms with Gasteiger partial charge >= 0.3 is 8.80 Å². The summed E-state index contributed by atoms with van der Waals surface area (Å²) >= 11 is 0. The van der Waals surface area contributed by atoms with Gasteiger partial charge in [-0.3, -0.25) is 14.5 Å². The van der Waals surface area contributed by atoms with Crippen LogP contribution in [0.2, 0.25) is 0 Å². The maximum Gasteiger partial charge on any atom is 0.525 e. The van der Waals surface area contributed by atoms with Gasteiger partial charge in [0.25, 0.3) is 11.8 Å². The maximum absolute atomic E-state index is 12.7. The third-order valence-corrected chi connectivity index (χ3v) is 7.12. The summed E-state index contributed by atoms with van der Waals surface area (Å²) in [6.45, 7) is 8.45. The molecule has 7 heteroatoms. The van der Waals surface area contributed by atoms with Crippen LogP contribution in [0.15, 0.2) is 24.3 Å². The Labute approximate surface area is 137 Å². The number of carbonyl (C=O) groups excluding carboxylic acids is 2. The Balaban J connectivity index is 2.39. The quantitative estimate of drug-likeness (QED) is 0.538. The van der Waals surface area contributed by atoms with Crippen molar-refractivity contribution >= 4 is 20.6 Å². The van der Waals surface area contributed by atoms with Gasteiger partial charge in [0, 0.05) is 19.8 Å². The third-order valence-electron chi connectivity index (χ3n) is 3.76. The molecule has 1 heterocycles. The van der Waals surface area contributed by atoms with Gasteiger partial charge in [0.1, 0.15) is 5.67 Å². The van der Waals surface area contributed by atoms with Crippen molar-refractivity contribution < 1.29 is 22.9 Å². The van der Waals surface area contributed by atoms with E-state index in [-0.39, 0.29) is 11.8 Å². The fourth-order valence-corrected chi connectivity index (χ4v) is 5.54. The smallest absolute Gasteiger partial charge is 0.373 e. The molecule has 0 N–H and O–H groups in total. The standard InChI is InChI=1S/C16H23NO5Si/c1-5-20-23(21-6-2,22-7-3)12(4)17-15(18)13-10-8-9-11-14(13)16(17)19/h8-12H,5-7H2,1-4H3. The van der Waals surface area contributed by atoms with E-state index >= 15 is 0 Å².